The van der Waals surface area contributed by atoms with E-state index in [1.165, 1.54) is 5.41 Å². The van der Waals surface area contributed by atoms with Crippen LogP contribution < -0.4 is 0 Å². The second kappa shape index (κ2) is 8.80. The number of benzene rings is 1. The lowest BCUT2D eigenvalue weighted by Gasteiger charge is -2.61. The standard InChI is InChI=1S/C28H44O3SSi/c1-21-15-16-24-27(5,6)25(31-33(8,9)26(2,3)4)17-19-28(24,7)23(21)18-20-32(29,30)22-13-11-10-12-14-22/h10-14,18,20,23-25H,1,15-17,19H2,2-9H3/b20-18+/t23-,24?,25-,28+/m0/s1. The molecule has 0 bridgehead atoms. The fourth-order valence-corrected chi connectivity index (χ4v) is 8.60. The van der Waals surface area contributed by atoms with Crippen molar-refractivity contribution in [3.05, 3.63) is 54.0 Å². The zero-order valence-electron chi connectivity index (χ0n) is 21.9. The molecule has 1 unspecified atom stereocenters. The van der Waals surface area contributed by atoms with Crippen LogP contribution in [0.5, 0.6) is 0 Å². The first kappa shape index (κ1) is 26.4. The molecule has 33 heavy (non-hydrogen) atoms. The maximum atomic E-state index is 12.9. The molecule has 0 N–H and O–H groups in total. The molecule has 0 radical (unpaired) electrons. The summed E-state index contributed by atoms with van der Waals surface area (Å²) < 4.78 is 32.9. The quantitative estimate of drug-likeness (QED) is 0.314. The summed E-state index contributed by atoms with van der Waals surface area (Å²) in [5, 5.41) is 1.61. The van der Waals surface area contributed by atoms with Crippen LogP contribution in [0.4, 0.5) is 0 Å². The highest BCUT2D eigenvalue weighted by Gasteiger charge is 2.57. The Kier molecular flexibility index (Phi) is 7.05. The van der Waals surface area contributed by atoms with Crippen molar-refractivity contribution in [2.75, 3.05) is 0 Å². The van der Waals surface area contributed by atoms with Gasteiger partial charge in [0.25, 0.3) is 0 Å². The highest BCUT2D eigenvalue weighted by Crippen LogP contribution is 2.62. The van der Waals surface area contributed by atoms with Gasteiger partial charge in [-0.05, 0) is 72.7 Å². The van der Waals surface area contributed by atoms with Gasteiger partial charge >= 0.3 is 0 Å². The van der Waals surface area contributed by atoms with Crippen LogP contribution >= 0.6 is 0 Å². The van der Waals surface area contributed by atoms with Crippen LogP contribution in [0.15, 0.2) is 58.9 Å². The van der Waals surface area contributed by atoms with Crippen molar-refractivity contribution in [2.24, 2.45) is 22.7 Å². The fraction of sp³-hybridized carbons (Fsp3) is 0.643. The molecule has 0 heterocycles. The Balaban J connectivity index is 1.90. The molecule has 4 atom stereocenters. The summed E-state index contributed by atoms with van der Waals surface area (Å²) in [6, 6.07) is 8.69. The molecule has 1 aromatic rings. The number of hydrogen-bond donors (Lipinski definition) is 0. The third-order valence-corrected chi connectivity index (χ3v) is 15.1. The first-order valence-electron chi connectivity index (χ1n) is 12.4. The molecule has 184 valence electrons. The van der Waals surface area contributed by atoms with Crippen molar-refractivity contribution in [3.8, 4) is 0 Å². The molecule has 1 aromatic carbocycles. The predicted octanol–water partition coefficient (Wildman–Crippen LogP) is 7.77. The van der Waals surface area contributed by atoms with E-state index >= 15 is 0 Å². The van der Waals surface area contributed by atoms with Crippen LogP contribution in [0, 0.1) is 22.7 Å². The third kappa shape index (κ3) is 4.97. The van der Waals surface area contributed by atoms with Gasteiger partial charge in [0.15, 0.2) is 18.2 Å². The van der Waals surface area contributed by atoms with Crippen LogP contribution in [-0.4, -0.2) is 22.8 Å². The molecule has 0 saturated heterocycles. The van der Waals surface area contributed by atoms with Crippen LogP contribution in [0.25, 0.3) is 0 Å². The first-order valence-corrected chi connectivity index (χ1v) is 16.8. The van der Waals surface area contributed by atoms with E-state index < -0.39 is 18.2 Å². The zero-order valence-corrected chi connectivity index (χ0v) is 23.8. The van der Waals surface area contributed by atoms with Crippen molar-refractivity contribution >= 4 is 18.2 Å². The van der Waals surface area contributed by atoms with Crippen LogP contribution in [0.1, 0.15) is 67.2 Å². The maximum Gasteiger partial charge on any atom is 0.199 e. The summed E-state index contributed by atoms with van der Waals surface area (Å²) >= 11 is 0. The number of hydrogen-bond acceptors (Lipinski definition) is 3. The summed E-state index contributed by atoms with van der Waals surface area (Å²) in [7, 11) is -5.35. The Labute approximate surface area is 203 Å². The predicted molar refractivity (Wildman–Crippen MR) is 141 cm³/mol. The number of rotatable bonds is 5. The third-order valence-electron chi connectivity index (χ3n) is 9.14. The van der Waals surface area contributed by atoms with Gasteiger partial charge in [-0.25, -0.2) is 8.42 Å². The second-order valence-corrected chi connectivity index (χ2v) is 19.2. The highest BCUT2D eigenvalue weighted by atomic mass is 32.2. The topological polar surface area (TPSA) is 43.4 Å². The highest BCUT2D eigenvalue weighted by molar-refractivity contribution is 7.94. The Hall–Kier alpha value is -1.17. The first-order chi connectivity index (χ1) is 15.0. The molecule has 0 amide bonds. The number of sulfone groups is 1. The lowest BCUT2D eigenvalue weighted by Crippen LogP contribution is -2.58. The van der Waals surface area contributed by atoms with Crippen LogP contribution in [-0.2, 0) is 14.3 Å². The minimum atomic E-state index is -3.47. The van der Waals surface area contributed by atoms with Crippen molar-refractivity contribution in [2.45, 2.75) is 96.4 Å². The Morgan fingerprint density at radius 1 is 1.09 bits per heavy atom. The summed E-state index contributed by atoms with van der Waals surface area (Å²) in [6.07, 6.45) is 6.24. The van der Waals surface area contributed by atoms with E-state index in [0.717, 1.165) is 31.3 Å². The smallest absolute Gasteiger partial charge is 0.199 e. The lowest BCUT2D eigenvalue weighted by molar-refractivity contribution is -0.111. The molecular formula is C28H44O3SSi. The summed E-state index contributed by atoms with van der Waals surface area (Å²) in [4.78, 5) is 0.344. The molecule has 2 saturated carbocycles. The summed E-state index contributed by atoms with van der Waals surface area (Å²) in [6.45, 7) is 23.1. The Bertz CT molecular complexity index is 1000. The SMILES string of the molecule is C=C1CCC2C(C)(C)[C@@H](O[Si](C)(C)C(C)(C)C)CC[C@]2(C)[C@H]1/C=C/S(=O)(=O)c1ccccc1. The molecule has 0 spiro atoms. The fourth-order valence-electron chi connectivity index (χ4n) is 6.06. The van der Waals surface area contributed by atoms with E-state index in [1.54, 1.807) is 24.3 Å². The van der Waals surface area contributed by atoms with Gasteiger partial charge in [-0.3, -0.25) is 0 Å². The molecule has 2 aliphatic rings. The normalized spacial score (nSPS) is 30.9. The van der Waals surface area contributed by atoms with Gasteiger partial charge < -0.3 is 4.43 Å². The average molecular weight is 489 g/mol. The van der Waals surface area contributed by atoms with E-state index in [9.17, 15) is 8.42 Å². The van der Waals surface area contributed by atoms with Gasteiger partial charge in [0.1, 0.15) is 0 Å². The summed E-state index contributed by atoms with van der Waals surface area (Å²) in [5.41, 5.74) is 1.16. The Morgan fingerprint density at radius 3 is 2.27 bits per heavy atom. The maximum absolute atomic E-state index is 12.9. The van der Waals surface area contributed by atoms with Crippen molar-refractivity contribution in [1.82, 2.24) is 0 Å². The largest absolute Gasteiger partial charge is 0.413 e. The molecule has 2 fully saturated rings. The van der Waals surface area contributed by atoms with Crippen LogP contribution in [0.2, 0.25) is 18.1 Å². The van der Waals surface area contributed by atoms with E-state index in [-0.39, 0.29) is 27.9 Å². The van der Waals surface area contributed by atoms with Gasteiger partial charge in [-0.2, -0.15) is 0 Å². The van der Waals surface area contributed by atoms with E-state index in [2.05, 4.69) is 61.2 Å². The molecule has 0 aliphatic heterocycles. The van der Waals surface area contributed by atoms with Crippen molar-refractivity contribution in [3.63, 3.8) is 0 Å². The van der Waals surface area contributed by atoms with Gasteiger partial charge in [-0.15, -0.1) is 0 Å². The van der Waals surface area contributed by atoms with Crippen LogP contribution in [0.3, 0.4) is 0 Å². The van der Waals surface area contributed by atoms with Gasteiger partial charge in [-0.1, -0.05) is 78.0 Å². The molecule has 5 heteroatoms. The van der Waals surface area contributed by atoms with E-state index in [1.807, 2.05) is 12.1 Å². The van der Waals surface area contributed by atoms with E-state index in [0.29, 0.717) is 10.8 Å². The molecule has 3 rings (SSSR count). The molecular weight excluding hydrogens is 444 g/mol. The number of fused-ring (bicyclic) bond motifs is 1. The van der Waals surface area contributed by atoms with Crippen molar-refractivity contribution in [1.29, 1.82) is 0 Å². The monoisotopic (exact) mass is 488 g/mol. The van der Waals surface area contributed by atoms with Gasteiger partial charge in [0, 0.05) is 11.3 Å². The van der Waals surface area contributed by atoms with Crippen molar-refractivity contribution < 1.29 is 12.8 Å². The number of allylic oxidation sites excluding steroid dienone is 2. The lowest BCUT2D eigenvalue weighted by atomic mass is 9.47. The molecule has 3 nitrogen and oxygen atoms in total. The minimum Gasteiger partial charge on any atom is -0.413 e. The minimum absolute atomic E-state index is 0.0190. The molecule has 2 aliphatic carbocycles. The van der Waals surface area contributed by atoms with E-state index in [4.69, 9.17) is 4.43 Å². The summed E-state index contributed by atoms with van der Waals surface area (Å²) in [5.74, 6) is 0.510. The Morgan fingerprint density at radius 2 is 1.70 bits per heavy atom. The molecule has 0 aromatic heterocycles. The van der Waals surface area contributed by atoms with Gasteiger partial charge in [0.05, 0.1) is 11.0 Å². The average Bonchev–Trinajstić information content (AvgIpc) is 2.69. The van der Waals surface area contributed by atoms with Gasteiger partial charge in [0.2, 0.25) is 0 Å². The zero-order chi connectivity index (χ0) is 24.9. The second-order valence-electron chi connectivity index (χ2n) is 12.6.